The Hall–Kier alpha value is -2.79. The Morgan fingerprint density at radius 1 is 1.11 bits per heavy atom. The molecule has 0 spiro atoms. The van der Waals surface area contributed by atoms with Gasteiger partial charge < -0.3 is 19.9 Å². The van der Waals surface area contributed by atoms with E-state index in [0.717, 1.165) is 38.1 Å². The number of carboxylic acid groups (broad SMARTS) is 1. The summed E-state index contributed by atoms with van der Waals surface area (Å²) >= 11 is 0. The maximum absolute atomic E-state index is 11.9. The second-order valence-electron chi connectivity index (χ2n) is 11.9. The fraction of sp³-hybridized carbons (Fsp3) is 0.516. The summed E-state index contributed by atoms with van der Waals surface area (Å²) in [7, 11) is 0. The van der Waals surface area contributed by atoms with Gasteiger partial charge in [0.15, 0.2) is 0 Å². The van der Waals surface area contributed by atoms with Crippen molar-refractivity contribution in [2.45, 2.75) is 83.2 Å². The number of anilines is 1. The lowest BCUT2D eigenvalue weighted by Gasteiger charge is -2.29. The second kappa shape index (κ2) is 8.95. The number of benzene rings is 2. The molecule has 190 valence electrons. The van der Waals surface area contributed by atoms with E-state index in [4.69, 9.17) is 0 Å². The number of aromatic carboxylic acids is 1. The summed E-state index contributed by atoms with van der Waals surface area (Å²) < 4.78 is 2.47. The van der Waals surface area contributed by atoms with Crippen LogP contribution in [0.1, 0.15) is 86.7 Å². The van der Waals surface area contributed by atoms with Gasteiger partial charge >= 0.3 is 5.97 Å². The summed E-state index contributed by atoms with van der Waals surface area (Å²) in [6, 6.07) is 13.2. The van der Waals surface area contributed by atoms with E-state index in [1.165, 1.54) is 65.6 Å². The first-order valence-corrected chi connectivity index (χ1v) is 13.9. The van der Waals surface area contributed by atoms with Gasteiger partial charge in [-0.05, 0) is 48.4 Å². The van der Waals surface area contributed by atoms with Crippen LogP contribution in [0.25, 0.3) is 22.2 Å². The Labute approximate surface area is 214 Å². The van der Waals surface area contributed by atoms with Crippen molar-refractivity contribution in [1.82, 2.24) is 9.88 Å². The van der Waals surface area contributed by atoms with Gasteiger partial charge in [-0.15, -0.1) is 0 Å². The molecule has 1 saturated carbocycles. The van der Waals surface area contributed by atoms with E-state index in [9.17, 15) is 9.90 Å². The molecule has 0 unspecified atom stereocenters. The molecule has 1 aliphatic carbocycles. The van der Waals surface area contributed by atoms with Crippen molar-refractivity contribution in [1.29, 1.82) is 0 Å². The third-order valence-corrected chi connectivity index (χ3v) is 8.87. The average molecular weight is 486 g/mol. The van der Waals surface area contributed by atoms with Gasteiger partial charge in [-0.25, -0.2) is 4.79 Å². The second-order valence-corrected chi connectivity index (χ2v) is 11.9. The largest absolute Gasteiger partial charge is 0.478 e. The van der Waals surface area contributed by atoms with E-state index in [-0.39, 0.29) is 5.41 Å². The quantitative estimate of drug-likeness (QED) is 0.431. The van der Waals surface area contributed by atoms with Crippen LogP contribution in [0.2, 0.25) is 0 Å². The fourth-order valence-corrected chi connectivity index (χ4v) is 7.18. The topological polar surface area (TPSA) is 57.5 Å². The molecule has 2 N–H and O–H groups in total. The Morgan fingerprint density at radius 2 is 1.92 bits per heavy atom. The number of nitrogens with zero attached hydrogens (tertiary/aromatic N) is 2. The predicted molar refractivity (Wildman–Crippen MR) is 147 cm³/mol. The molecule has 2 aliphatic heterocycles. The number of aryl methyl sites for hydroxylation is 1. The molecule has 6 rings (SSSR count). The SMILES string of the molecule is CC(C)NC[C@]1(C)CN2CCCn3c(c(C4CCCCC4)c4ccc(C(=O)O)cc43)-c3cccc1c32. The Balaban J connectivity index is 1.61. The lowest BCUT2D eigenvalue weighted by atomic mass is 9.80. The van der Waals surface area contributed by atoms with Crippen LogP contribution in [0.5, 0.6) is 0 Å². The number of hydrogen-bond donors (Lipinski definition) is 2. The van der Waals surface area contributed by atoms with Crippen molar-refractivity contribution < 1.29 is 9.90 Å². The van der Waals surface area contributed by atoms with Crippen molar-refractivity contribution in [2.75, 3.05) is 24.5 Å². The number of fused-ring (bicyclic) bond motifs is 4. The molecule has 0 bridgehead atoms. The monoisotopic (exact) mass is 485 g/mol. The van der Waals surface area contributed by atoms with E-state index in [1.807, 2.05) is 6.07 Å². The van der Waals surface area contributed by atoms with Crippen LogP contribution >= 0.6 is 0 Å². The van der Waals surface area contributed by atoms with E-state index in [1.54, 1.807) is 6.07 Å². The van der Waals surface area contributed by atoms with E-state index in [0.29, 0.717) is 17.5 Å². The van der Waals surface area contributed by atoms with Crippen LogP contribution in [0.15, 0.2) is 36.4 Å². The molecule has 3 heterocycles. The number of hydrogen-bond acceptors (Lipinski definition) is 3. The first-order valence-electron chi connectivity index (χ1n) is 13.9. The minimum absolute atomic E-state index is 0.0677. The Morgan fingerprint density at radius 3 is 2.67 bits per heavy atom. The van der Waals surface area contributed by atoms with Crippen molar-refractivity contribution in [3.8, 4) is 11.3 Å². The minimum Gasteiger partial charge on any atom is -0.478 e. The Kier molecular flexibility index (Phi) is 5.87. The zero-order chi connectivity index (χ0) is 25.0. The van der Waals surface area contributed by atoms with Crippen LogP contribution in [-0.4, -0.2) is 41.3 Å². The van der Waals surface area contributed by atoms with E-state index in [2.05, 4.69) is 59.8 Å². The zero-order valence-corrected chi connectivity index (χ0v) is 21.9. The van der Waals surface area contributed by atoms with Crippen molar-refractivity contribution in [3.05, 3.63) is 53.1 Å². The van der Waals surface area contributed by atoms with Gasteiger partial charge in [-0.2, -0.15) is 0 Å². The summed E-state index contributed by atoms with van der Waals surface area (Å²) in [5.41, 5.74) is 8.56. The molecular weight excluding hydrogens is 446 g/mol. The average Bonchev–Trinajstić information content (AvgIpc) is 3.34. The van der Waals surface area contributed by atoms with Crippen LogP contribution in [0.3, 0.4) is 0 Å². The first-order chi connectivity index (χ1) is 17.4. The number of carbonyl (C=O) groups is 1. The zero-order valence-electron chi connectivity index (χ0n) is 21.9. The van der Waals surface area contributed by atoms with Gasteiger partial charge in [-0.1, -0.05) is 64.3 Å². The molecule has 0 amide bonds. The molecule has 3 aliphatic rings. The van der Waals surface area contributed by atoms with E-state index >= 15 is 0 Å². The number of aromatic nitrogens is 1. The molecule has 5 heteroatoms. The summed E-state index contributed by atoms with van der Waals surface area (Å²) in [5.74, 6) is -0.315. The maximum atomic E-state index is 11.9. The molecule has 5 nitrogen and oxygen atoms in total. The van der Waals surface area contributed by atoms with Crippen LogP contribution in [0.4, 0.5) is 5.69 Å². The van der Waals surface area contributed by atoms with Gasteiger partial charge in [0.1, 0.15) is 0 Å². The summed E-state index contributed by atoms with van der Waals surface area (Å²) in [4.78, 5) is 14.5. The van der Waals surface area contributed by atoms with Gasteiger partial charge in [0.05, 0.1) is 16.9 Å². The third kappa shape index (κ3) is 3.75. The van der Waals surface area contributed by atoms with Crippen molar-refractivity contribution in [3.63, 3.8) is 0 Å². The highest BCUT2D eigenvalue weighted by Gasteiger charge is 2.42. The molecule has 36 heavy (non-hydrogen) atoms. The third-order valence-electron chi connectivity index (χ3n) is 8.87. The fourth-order valence-electron chi connectivity index (χ4n) is 7.18. The van der Waals surface area contributed by atoms with Gasteiger partial charge in [0.25, 0.3) is 0 Å². The van der Waals surface area contributed by atoms with Crippen LogP contribution < -0.4 is 10.2 Å². The number of nitrogens with one attached hydrogen (secondary N) is 1. The standard InChI is InChI=1S/C31H39N3O2/c1-20(2)32-18-31(3)19-33-15-8-16-34-26-17-22(30(35)36)13-14-23(26)27(21-9-5-4-6-10-21)29(34)24-11-7-12-25(31)28(24)33/h7,11-14,17,20-21,32H,4-6,8-10,15-16,18-19H2,1-3H3,(H,35,36)/t31-/m1/s1. The highest BCUT2D eigenvalue weighted by Crippen LogP contribution is 2.51. The molecule has 0 saturated heterocycles. The molecule has 1 aromatic heterocycles. The van der Waals surface area contributed by atoms with Gasteiger partial charge in [0, 0.05) is 54.1 Å². The van der Waals surface area contributed by atoms with Gasteiger partial charge in [0.2, 0.25) is 0 Å². The molecular formula is C31H39N3O2. The summed E-state index contributed by atoms with van der Waals surface area (Å²) in [6.07, 6.45) is 7.38. The lowest BCUT2D eigenvalue weighted by molar-refractivity contribution is 0.0697. The highest BCUT2D eigenvalue weighted by atomic mass is 16.4. The van der Waals surface area contributed by atoms with Crippen LogP contribution in [-0.2, 0) is 12.0 Å². The Bertz CT molecular complexity index is 1320. The maximum Gasteiger partial charge on any atom is 0.335 e. The molecule has 2 aromatic carbocycles. The summed E-state index contributed by atoms with van der Waals surface area (Å²) in [6.45, 7) is 10.8. The minimum atomic E-state index is -0.849. The highest BCUT2D eigenvalue weighted by molar-refractivity contribution is 6.00. The molecule has 0 radical (unpaired) electrons. The van der Waals surface area contributed by atoms with Gasteiger partial charge in [-0.3, -0.25) is 0 Å². The lowest BCUT2D eigenvalue weighted by Crippen LogP contribution is -2.42. The number of rotatable bonds is 5. The first kappa shape index (κ1) is 23.6. The van der Waals surface area contributed by atoms with Crippen LogP contribution in [0, 0.1) is 0 Å². The normalized spacial score (nSPS) is 21.9. The number of carboxylic acids is 1. The number of para-hydroxylation sites is 1. The van der Waals surface area contributed by atoms with Crippen molar-refractivity contribution >= 4 is 22.6 Å². The molecule has 1 fully saturated rings. The predicted octanol–water partition coefficient (Wildman–Crippen LogP) is 6.53. The smallest absolute Gasteiger partial charge is 0.335 e. The molecule has 1 atom stereocenters. The summed E-state index contributed by atoms with van der Waals surface area (Å²) in [5, 5.41) is 14.7. The van der Waals surface area contributed by atoms with Crippen molar-refractivity contribution in [2.24, 2.45) is 0 Å². The van der Waals surface area contributed by atoms with E-state index < -0.39 is 5.97 Å². The molecule has 3 aromatic rings.